The van der Waals surface area contributed by atoms with Gasteiger partial charge in [-0.1, -0.05) is 38.5 Å². The molecule has 0 radical (unpaired) electrons. The number of ether oxygens (including phenoxy) is 1. The van der Waals surface area contributed by atoms with E-state index in [0.29, 0.717) is 12.3 Å². The minimum Gasteiger partial charge on any atom is -0.453 e. The number of aryl methyl sites for hydroxylation is 1. The molecule has 0 amide bonds. The van der Waals surface area contributed by atoms with Crippen molar-refractivity contribution in [3.63, 3.8) is 0 Å². The standard InChI is InChI=1S/C20H26N2O2S/c1-13(2)9-10-15-11-20(4,24-18(15)23)17-12-25-19(22-17)21-16-8-6-5-7-14(16)3/h5-8,12-13,15H,9-11H2,1-4H3,(H,21,22)/t15-,20+/m1/s1. The van der Waals surface area contributed by atoms with Crippen LogP contribution >= 0.6 is 11.3 Å². The van der Waals surface area contributed by atoms with Crippen LogP contribution in [0.1, 0.15) is 51.3 Å². The largest absolute Gasteiger partial charge is 0.453 e. The van der Waals surface area contributed by atoms with E-state index >= 15 is 0 Å². The molecule has 1 aliphatic heterocycles. The number of hydrogen-bond acceptors (Lipinski definition) is 5. The lowest BCUT2D eigenvalue weighted by molar-refractivity contribution is -0.150. The maximum atomic E-state index is 12.3. The molecule has 0 aliphatic carbocycles. The molecule has 0 saturated carbocycles. The summed E-state index contributed by atoms with van der Waals surface area (Å²) in [5.41, 5.74) is 2.45. The Hall–Kier alpha value is -1.88. The Morgan fingerprint density at radius 2 is 2.16 bits per heavy atom. The molecule has 1 aromatic heterocycles. The van der Waals surface area contributed by atoms with Crippen LogP contribution in [-0.2, 0) is 15.1 Å². The molecule has 2 heterocycles. The number of carbonyl (C=O) groups is 1. The van der Waals surface area contributed by atoms with Crippen molar-refractivity contribution in [2.24, 2.45) is 11.8 Å². The first-order valence-electron chi connectivity index (χ1n) is 8.89. The zero-order valence-corrected chi connectivity index (χ0v) is 16.2. The van der Waals surface area contributed by atoms with Crippen molar-refractivity contribution in [3.8, 4) is 0 Å². The minimum absolute atomic E-state index is 0.0122. The van der Waals surface area contributed by atoms with Crippen LogP contribution in [0.3, 0.4) is 0 Å². The highest BCUT2D eigenvalue weighted by atomic mass is 32.1. The van der Waals surface area contributed by atoms with E-state index in [9.17, 15) is 4.79 Å². The smallest absolute Gasteiger partial charge is 0.310 e. The average Bonchev–Trinajstić information content (AvgIpc) is 3.13. The Morgan fingerprint density at radius 1 is 1.40 bits per heavy atom. The number of aromatic nitrogens is 1. The molecule has 5 heteroatoms. The second kappa shape index (κ2) is 7.16. The van der Waals surface area contributed by atoms with Crippen molar-refractivity contribution in [2.75, 3.05) is 5.32 Å². The van der Waals surface area contributed by atoms with E-state index in [0.717, 1.165) is 29.4 Å². The van der Waals surface area contributed by atoms with Crippen molar-refractivity contribution >= 4 is 28.1 Å². The van der Waals surface area contributed by atoms with Gasteiger partial charge in [-0.3, -0.25) is 4.79 Å². The fraction of sp³-hybridized carbons (Fsp3) is 0.500. The molecule has 3 rings (SSSR count). The van der Waals surface area contributed by atoms with Gasteiger partial charge in [0, 0.05) is 17.5 Å². The number of para-hydroxylation sites is 1. The van der Waals surface area contributed by atoms with Crippen LogP contribution in [-0.4, -0.2) is 11.0 Å². The highest BCUT2D eigenvalue weighted by Crippen LogP contribution is 2.42. The van der Waals surface area contributed by atoms with E-state index in [4.69, 9.17) is 9.72 Å². The van der Waals surface area contributed by atoms with Crippen LogP contribution in [0, 0.1) is 18.8 Å². The summed E-state index contributed by atoms with van der Waals surface area (Å²) >= 11 is 1.55. The highest BCUT2D eigenvalue weighted by Gasteiger charge is 2.45. The maximum absolute atomic E-state index is 12.3. The van der Waals surface area contributed by atoms with Crippen molar-refractivity contribution in [1.29, 1.82) is 0 Å². The van der Waals surface area contributed by atoms with Crippen LogP contribution in [0.15, 0.2) is 29.6 Å². The molecule has 1 aliphatic rings. The van der Waals surface area contributed by atoms with Gasteiger partial charge in [-0.2, -0.15) is 0 Å². The van der Waals surface area contributed by atoms with E-state index < -0.39 is 5.60 Å². The molecule has 2 aromatic rings. The summed E-state index contributed by atoms with van der Waals surface area (Å²) in [4.78, 5) is 17.0. The van der Waals surface area contributed by atoms with Crippen LogP contribution in [0.5, 0.6) is 0 Å². The number of anilines is 2. The molecule has 1 N–H and O–H groups in total. The molecule has 1 aromatic carbocycles. The Bertz CT molecular complexity index is 756. The summed E-state index contributed by atoms with van der Waals surface area (Å²) in [6.45, 7) is 8.41. The number of thiazole rings is 1. The van der Waals surface area contributed by atoms with E-state index in [-0.39, 0.29) is 11.9 Å². The lowest BCUT2D eigenvalue weighted by Gasteiger charge is -2.20. The molecular formula is C20H26N2O2S. The summed E-state index contributed by atoms with van der Waals surface area (Å²) in [5.74, 6) is 0.510. The van der Waals surface area contributed by atoms with Crippen LogP contribution in [0.25, 0.3) is 0 Å². The van der Waals surface area contributed by atoms with Gasteiger partial charge < -0.3 is 10.1 Å². The number of hydrogen-bond donors (Lipinski definition) is 1. The van der Waals surface area contributed by atoms with Gasteiger partial charge in [-0.15, -0.1) is 11.3 Å². The second-order valence-corrected chi connectivity index (χ2v) is 8.36. The molecule has 4 nitrogen and oxygen atoms in total. The summed E-state index contributed by atoms with van der Waals surface area (Å²) in [7, 11) is 0. The van der Waals surface area contributed by atoms with E-state index in [1.54, 1.807) is 11.3 Å². The lowest BCUT2D eigenvalue weighted by Crippen LogP contribution is -2.21. The minimum atomic E-state index is -0.610. The first-order chi connectivity index (χ1) is 11.9. The zero-order chi connectivity index (χ0) is 18.0. The van der Waals surface area contributed by atoms with E-state index in [1.807, 2.05) is 30.5 Å². The van der Waals surface area contributed by atoms with Gasteiger partial charge in [-0.25, -0.2) is 4.98 Å². The predicted octanol–water partition coefficient (Wildman–Crippen LogP) is 5.41. The highest BCUT2D eigenvalue weighted by molar-refractivity contribution is 7.13. The third kappa shape index (κ3) is 4.03. The molecular weight excluding hydrogens is 332 g/mol. The van der Waals surface area contributed by atoms with Crippen molar-refractivity contribution in [2.45, 2.75) is 52.6 Å². The van der Waals surface area contributed by atoms with Gasteiger partial charge in [0.15, 0.2) is 10.7 Å². The molecule has 134 valence electrons. The molecule has 1 fully saturated rings. The molecule has 2 atom stereocenters. The number of nitrogens with zero attached hydrogens (tertiary/aromatic N) is 1. The van der Waals surface area contributed by atoms with Gasteiger partial charge in [-0.05, 0) is 37.8 Å². The number of esters is 1. The maximum Gasteiger partial charge on any atom is 0.310 e. The summed E-state index contributed by atoms with van der Waals surface area (Å²) in [5, 5.41) is 6.19. The Balaban J connectivity index is 1.71. The van der Waals surface area contributed by atoms with Crippen LogP contribution in [0.2, 0.25) is 0 Å². The molecule has 25 heavy (non-hydrogen) atoms. The Morgan fingerprint density at radius 3 is 2.88 bits per heavy atom. The number of cyclic esters (lactones) is 1. The monoisotopic (exact) mass is 358 g/mol. The Kier molecular flexibility index (Phi) is 5.13. The average molecular weight is 359 g/mol. The van der Waals surface area contributed by atoms with Gasteiger partial charge in [0.05, 0.1) is 11.6 Å². The number of carbonyl (C=O) groups excluding carboxylic acids is 1. The third-order valence-electron chi connectivity index (χ3n) is 4.82. The van der Waals surface area contributed by atoms with Gasteiger partial charge in [0.2, 0.25) is 0 Å². The number of nitrogens with one attached hydrogen (secondary N) is 1. The second-order valence-electron chi connectivity index (χ2n) is 7.50. The molecule has 0 bridgehead atoms. The summed E-state index contributed by atoms with van der Waals surface area (Å²) in [6, 6.07) is 8.12. The number of benzene rings is 1. The molecule has 1 saturated heterocycles. The summed E-state index contributed by atoms with van der Waals surface area (Å²) < 4.78 is 5.74. The topological polar surface area (TPSA) is 51.2 Å². The fourth-order valence-corrected chi connectivity index (χ4v) is 4.06. The number of rotatable bonds is 6. The van der Waals surface area contributed by atoms with Crippen molar-refractivity contribution < 1.29 is 9.53 Å². The van der Waals surface area contributed by atoms with Crippen LogP contribution in [0.4, 0.5) is 10.8 Å². The van der Waals surface area contributed by atoms with Crippen molar-refractivity contribution in [3.05, 3.63) is 40.9 Å². The van der Waals surface area contributed by atoms with Crippen LogP contribution < -0.4 is 5.32 Å². The Labute approximate surface area is 153 Å². The molecule has 0 unspecified atom stereocenters. The van der Waals surface area contributed by atoms with E-state index in [1.165, 1.54) is 5.56 Å². The van der Waals surface area contributed by atoms with Gasteiger partial charge in [0.25, 0.3) is 0 Å². The van der Waals surface area contributed by atoms with Gasteiger partial charge >= 0.3 is 5.97 Å². The first-order valence-corrected chi connectivity index (χ1v) is 9.77. The SMILES string of the molecule is Cc1ccccc1Nc1nc([C@]2(C)C[C@@H](CCC(C)C)C(=O)O2)cs1. The summed E-state index contributed by atoms with van der Waals surface area (Å²) in [6.07, 6.45) is 2.66. The fourth-order valence-electron chi connectivity index (χ4n) is 3.21. The third-order valence-corrected chi connectivity index (χ3v) is 5.58. The van der Waals surface area contributed by atoms with E-state index in [2.05, 4.69) is 32.2 Å². The predicted molar refractivity (Wildman–Crippen MR) is 102 cm³/mol. The quantitative estimate of drug-likeness (QED) is 0.702. The van der Waals surface area contributed by atoms with Crippen molar-refractivity contribution in [1.82, 2.24) is 4.98 Å². The lowest BCUT2D eigenvalue weighted by atomic mass is 9.89. The first kappa shape index (κ1) is 17.9. The normalized spacial score (nSPS) is 23.1. The molecule has 0 spiro atoms. The van der Waals surface area contributed by atoms with Gasteiger partial charge in [0.1, 0.15) is 0 Å². The zero-order valence-electron chi connectivity index (χ0n) is 15.3.